The van der Waals surface area contributed by atoms with E-state index >= 15 is 0 Å². The van der Waals surface area contributed by atoms with Gasteiger partial charge in [-0.15, -0.1) is 0 Å². The average Bonchev–Trinajstić information content (AvgIpc) is 2.84. The third-order valence-corrected chi connectivity index (χ3v) is 8.27. The van der Waals surface area contributed by atoms with Crippen LogP contribution in [0.2, 0.25) is 19.6 Å². The van der Waals surface area contributed by atoms with Crippen molar-refractivity contribution in [2.45, 2.75) is 19.6 Å². The van der Waals surface area contributed by atoms with Gasteiger partial charge in [0.25, 0.3) is 0 Å². The van der Waals surface area contributed by atoms with Gasteiger partial charge in [-0.3, -0.25) is 0 Å². The molecule has 0 radical (unpaired) electrons. The predicted molar refractivity (Wildman–Crippen MR) is 148 cm³/mol. The van der Waals surface area contributed by atoms with Gasteiger partial charge in [-0.05, 0) is 45.7 Å². The fourth-order valence-electron chi connectivity index (χ4n) is 4.55. The summed E-state index contributed by atoms with van der Waals surface area (Å²) in [6.07, 6.45) is 0. The monoisotopic (exact) mass is 443 g/mol. The molecule has 33 heavy (non-hydrogen) atoms. The van der Waals surface area contributed by atoms with Crippen molar-refractivity contribution in [3.8, 4) is 22.3 Å². The highest BCUT2D eigenvalue weighted by atomic mass is 28.3. The van der Waals surface area contributed by atoms with Crippen molar-refractivity contribution in [3.05, 3.63) is 115 Å². The second-order valence-corrected chi connectivity index (χ2v) is 14.6. The van der Waals surface area contributed by atoms with Crippen LogP contribution in [0.25, 0.3) is 33.0 Å². The van der Waals surface area contributed by atoms with E-state index < -0.39 is 8.07 Å². The lowest BCUT2D eigenvalue weighted by atomic mass is 9.98. The minimum atomic E-state index is -1.42. The summed E-state index contributed by atoms with van der Waals surface area (Å²) in [5, 5.41) is 7.88. The molecule has 0 aliphatic heterocycles. The van der Waals surface area contributed by atoms with Crippen LogP contribution in [-0.2, 0) is 0 Å². The van der Waals surface area contributed by atoms with Crippen molar-refractivity contribution in [2.75, 3.05) is 5.32 Å². The number of anilines is 2. The quantitative estimate of drug-likeness (QED) is 0.269. The molecule has 1 nitrogen and oxygen atoms in total. The Bertz CT molecular complexity index is 1400. The van der Waals surface area contributed by atoms with Gasteiger partial charge < -0.3 is 5.32 Å². The highest BCUT2D eigenvalue weighted by Crippen LogP contribution is 2.33. The van der Waals surface area contributed by atoms with Crippen molar-refractivity contribution in [1.29, 1.82) is 0 Å². The smallest absolute Gasteiger partial charge is 0.0784 e. The summed E-state index contributed by atoms with van der Waals surface area (Å²) >= 11 is 0. The molecule has 0 saturated heterocycles. The number of hydrogen-bond acceptors (Lipinski definition) is 1. The fraction of sp³-hybridized carbons (Fsp3) is 0.0968. The van der Waals surface area contributed by atoms with E-state index in [4.69, 9.17) is 0 Å². The van der Waals surface area contributed by atoms with Crippen LogP contribution in [0.5, 0.6) is 0 Å². The van der Waals surface area contributed by atoms with Crippen LogP contribution in [0, 0.1) is 0 Å². The molecule has 162 valence electrons. The highest BCUT2D eigenvalue weighted by molar-refractivity contribution is 6.90. The van der Waals surface area contributed by atoms with E-state index in [-0.39, 0.29) is 0 Å². The zero-order valence-corrected chi connectivity index (χ0v) is 20.5. The van der Waals surface area contributed by atoms with Crippen molar-refractivity contribution in [1.82, 2.24) is 0 Å². The molecule has 0 spiro atoms. The van der Waals surface area contributed by atoms with E-state index in [0.29, 0.717) is 0 Å². The molecule has 5 rings (SSSR count). The van der Waals surface area contributed by atoms with E-state index in [1.165, 1.54) is 38.2 Å². The third kappa shape index (κ3) is 4.35. The highest BCUT2D eigenvalue weighted by Gasteiger charge is 2.20. The van der Waals surface area contributed by atoms with Gasteiger partial charge in [0.15, 0.2) is 0 Å². The molecule has 5 aromatic rings. The van der Waals surface area contributed by atoms with Crippen LogP contribution in [-0.4, -0.2) is 8.07 Å². The molecule has 0 unspecified atom stereocenters. The average molecular weight is 444 g/mol. The number of benzene rings is 5. The minimum Gasteiger partial charge on any atom is -0.355 e. The maximum absolute atomic E-state index is 3.62. The van der Waals surface area contributed by atoms with E-state index in [9.17, 15) is 0 Å². The normalized spacial score (nSPS) is 11.5. The Balaban J connectivity index is 1.48. The third-order valence-electron chi connectivity index (χ3n) is 6.22. The summed E-state index contributed by atoms with van der Waals surface area (Å²) in [6.45, 7) is 7.26. The van der Waals surface area contributed by atoms with Gasteiger partial charge in [-0.2, -0.15) is 0 Å². The van der Waals surface area contributed by atoms with Gasteiger partial charge in [0.2, 0.25) is 0 Å². The molecule has 0 aliphatic carbocycles. The molecule has 0 aliphatic rings. The van der Waals surface area contributed by atoms with Crippen molar-refractivity contribution < 1.29 is 0 Å². The first-order chi connectivity index (χ1) is 16.0. The largest absolute Gasteiger partial charge is 0.355 e. The van der Waals surface area contributed by atoms with Gasteiger partial charge in [-0.25, -0.2) is 0 Å². The Hall–Kier alpha value is -3.62. The first-order valence-electron chi connectivity index (χ1n) is 11.5. The lowest BCUT2D eigenvalue weighted by molar-refractivity contribution is 1.53. The standard InChI is InChI=1S/C31H29NSi/c1-33(2,3)31-22-21-26(28-14-7-8-15-29(28)31)24-17-19-25(20-18-24)32-30-16-10-9-13-27(30)23-11-5-4-6-12-23/h4-22,32H,1-3H3. The lowest BCUT2D eigenvalue weighted by Gasteiger charge is -2.21. The summed E-state index contributed by atoms with van der Waals surface area (Å²) in [6, 6.07) is 41.3. The van der Waals surface area contributed by atoms with Gasteiger partial charge in [0.1, 0.15) is 0 Å². The molecule has 0 amide bonds. The number of nitrogens with one attached hydrogen (secondary N) is 1. The van der Waals surface area contributed by atoms with E-state index in [2.05, 4.69) is 140 Å². The Morgan fingerprint density at radius 3 is 1.82 bits per heavy atom. The molecule has 5 aromatic carbocycles. The second kappa shape index (κ2) is 8.72. The molecule has 0 saturated carbocycles. The lowest BCUT2D eigenvalue weighted by Crippen LogP contribution is -2.38. The Morgan fingerprint density at radius 1 is 0.485 bits per heavy atom. The summed E-state index contributed by atoms with van der Waals surface area (Å²) in [5.41, 5.74) is 7.16. The van der Waals surface area contributed by atoms with E-state index in [1.807, 2.05) is 0 Å². The van der Waals surface area contributed by atoms with Gasteiger partial charge in [-0.1, -0.05) is 122 Å². The Labute approximate surface area is 197 Å². The SMILES string of the molecule is C[Si](C)(C)c1ccc(-c2ccc(Nc3ccccc3-c3ccccc3)cc2)c2ccccc12. The fourth-order valence-corrected chi connectivity index (χ4v) is 6.16. The van der Waals surface area contributed by atoms with Crippen LogP contribution in [0.3, 0.4) is 0 Å². The number of para-hydroxylation sites is 1. The summed E-state index contributed by atoms with van der Waals surface area (Å²) in [5.74, 6) is 0. The number of rotatable bonds is 5. The molecule has 0 bridgehead atoms. The number of fused-ring (bicyclic) bond motifs is 1. The Morgan fingerprint density at radius 2 is 1.09 bits per heavy atom. The van der Waals surface area contributed by atoms with Crippen molar-refractivity contribution in [3.63, 3.8) is 0 Å². The second-order valence-electron chi connectivity index (χ2n) is 9.57. The van der Waals surface area contributed by atoms with Crippen LogP contribution in [0.15, 0.2) is 115 Å². The summed E-state index contributed by atoms with van der Waals surface area (Å²) < 4.78 is 0. The van der Waals surface area contributed by atoms with Crippen LogP contribution >= 0.6 is 0 Å². The van der Waals surface area contributed by atoms with E-state index in [1.54, 1.807) is 0 Å². The molecule has 0 atom stereocenters. The molecular formula is C31H29NSi. The van der Waals surface area contributed by atoms with Crippen LogP contribution < -0.4 is 10.5 Å². The first kappa shape index (κ1) is 21.2. The minimum absolute atomic E-state index is 1.09. The molecule has 0 heterocycles. The molecule has 0 aromatic heterocycles. The molecular weight excluding hydrogens is 414 g/mol. The van der Waals surface area contributed by atoms with E-state index in [0.717, 1.165) is 11.4 Å². The summed E-state index contributed by atoms with van der Waals surface area (Å²) in [4.78, 5) is 0. The first-order valence-corrected chi connectivity index (χ1v) is 15.0. The maximum atomic E-state index is 3.62. The molecule has 2 heteroatoms. The Kier molecular flexibility index (Phi) is 5.61. The topological polar surface area (TPSA) is 12.0 Å². The summed E-state index contributed by atoms with van der Waals surface area (Å²) in [7, 11) is -1.42. The van der Waals surface area contributed by atoms with Crippen molar-refractivity contribution in [2.24, 2.45) is 0 Å². The predicted octanol–water partition coefficient (Wildman–Crippen LogP) is 8.46. The zero-order chi connectivity index (χ0) is 22.8. The van der Waals surface area contributed by atoms with Gasteiger partial charge in [0.05, 0.1) is 8.07 Å². The van der Waals surface area contributed by atoms with Crippen molar-refractivity contribution >= 4 is 35.4 Å². The van der Waals surface area contributed by atoms with Crippen LogP contribution in [0.4, 0.5) is 11.4 Å². The van der Waals surface area contributed by atoms with Gasteiger partial charge >= 0.3 is 0 Å². The van der Waals surface area contributed by atoms with Gasteiger partial charge in [0, 0.05) is 16.9 Å². The maximum Gasteiger partial charge on any atom is 0.0784 e. The molecule has 1 N–H and O–H groups in total. The zero-order valence-electron chi connectivity index (χ0n) is 19.5. The van der Waals surface area contributed by atoms with Crippen LogP contribution in [0.1, 0.15) is 0 Å². The number of hydrogen-bond donors (Lipinski definition) is 1. The molecule has 0 fully saturated rings.